The predicted molar refractivity (Wildman–Crippen MR) is 77.2 cm³/mol. The van der Waals surface area contributed by atoms with Crippen molar-refractivity contribution in [3.05, 3.63) is 0 Å². The molecule has 6 nitrogen and oxygen atoms in total. The molecule has 6 heteroatoms. The molecule has 2 atom stereocenters. The van der Waals surface area contributed by atoms with Gasteiger partial charge in [0.25, 0.3) is 0 Å². The van der Waals surface area contributed by atoms with Crippen LogP contribution in [0.1, 0.15) is 40.5 Å². The molecule has 2 unspecified atom stereocenters. The summed E-state index contributed by atoms with van der Waals surface area (Å²) in [4.78, 5) is 25.2. The van der Waals surface area contributed by atoms with Gasteiger partial charge < -0.3 is 20.7 Å². The Hall–Kier alpha value is -1.30. The molecule has 0 aliphatic carbocycles. The molecule has 0 aromatic rings. The van der Waals surface area contributed by atoms with Gasteiger partial charge in [0.15, 0.2) is 0 Å². The number of likely N-dealkylation sites (tertiary alicyclic amines) is 1. The third-order valence-corrected chi connectivity index (χ3v) is 3.15. The number of nitrogens with two attached hydrogens (primary N) is 1. The predicted octanol–water partition coefficient (Wildman–Crippen LogP) is 1.10. The van der Waals surface area contributed by atoms with Crippen LogP contribution in [0.15, 0.2) is 0 Å². The molecule has 3 N–H and O–H groups in total. The third-order valence-electron chi connectivity index (χ3n) is 3.15. The minimum Gasteiger partial charge on any atom is -0.444 e. The molecule has 20 heavy (non-hydrogen) atoms. The molecular formula is C14H27N3O3. The summed E-state index contributed by atoms with van der Waals surface area (Å²) in [5.41, 5.74) is 5.13. The van der Waals surface area contributed by atoms with E-state index in [-0.39, 0.29) is 11.8 Å². The summed E-state index contributed by atoms with van der Waals surface area (Å²) >= 11 is 0. The first kappa shape index (κ1) is 16.8. The van der Waals surface area contributed by atoms with Gasteiger partial charge in [-0.2, -0.15) is 0 Å². The summed E-state index contributed by atoms with van der Waals surface area (Å²) in [5.74, 6) is 0.242. The summed E-state index contributed by atoms with van der Waals surface area (Å²) < 4.78 is 5.19. The van der Waals surface area contributed by atoms with Crippen LogP contribution in [0.5, 0.6) is 0 Å². The van der Waals surface area contributed by atoms with Crippen molar-refractivity contribution in [1.29, 1.82) is 0 Å². The van der Waals surface area contributed by atoms with Crippen molar-refractivity contribution >= 4 is 12.0 Å². The number of carbonyl (C=O) groups is 2. The zero-order chi connectivity index (χ0) is 15.3. The zero-order valence-corrected chi connectivity index (χ0v) is 12.9. The first-order valence-corrected chi connectivity index (χ1v) is 7.20. The maximum absolute atomic E-state index is 11.9. The van der Waals surface area contributed by atoms with Crippen LogP contribution in [-0.4, -0.2) is 48.2 Å². The number of carbonyl (C=O) groups excluding carboxylic acids is 2. The van der Waals surface area contributed by atoms with E-state index in [4.69, 9.17) is 10.5 Å². The second-order valence-corrected chi connectivity index (χ2v) is 6.46. The second-order valence-electron chi connectivity index (χ2n) is 6.46. The van der Waals surface area contributed by atoms with E-state index in [9.17, 15) is 9.59 Å². The fourth-order valence-electron chi connectivity index (χ4n) is 2.26. The quantitative estimate of drug-likeness (QED) is 0.813. The molecule has 1 heterocycles. The van der Waals surface area contributed by atoms with E-state index in [1.807, 2.05) is 20.8 Å². The van der Waals surface area contributed by atoms with E-state index in [1.54, 1.807) is 11.8 Å². The average molecular weight is 285 g/mol. The van der Waals surface area contributed by atoms with Gasteiger partial charge >= 0.3 is 6.09 Å². The zero-order valence-electron chi connectivity index (χ0n) is 12.9. The number of amides is 2. The minimum atomic E-state index is -0.492. The molecule has 0 radical (unpaired) electrons. The molecule has 1 rings (SSSR count). The van der Waals surface area contributed by atoms with Gasteiger partial charge in [-0.1, -0.05) is 0 Å². The highest BCUT2D eigenvalue weighted by molar-refractivity contribution is 5.81. The van der Waals surface area contributed by atoms with Crippen LogP contribution in [0, 0.1) is 5.92 Å². The molecule has 0 saturated carbocycles. The fourth-order valence-corrected chi connectivity index (χ4v) is 2.26. The maximum Gasteiger partial charge on any atom is 0.407 e. The topological polar surface area (TPSA) is 84.7 Å². The summed E-state index contributed by atoms with van der Waals surface area (Å²) in [5, 5.41) is 2.77. The molecule has 1 aliphatic heterocycles. The van der Waals surface area contributed by atoms with Gasteiger partial charge in [-0.3, -0.25) is 4.79 Å². The SMILES string of the molecule is CC(N)C(=O)N1CCCC(CNC(=O)OC(C)(C)C)C1. The largest absolute Gasteiger partial charge is 0.444 e. The summed E-state index contributed by atoms with van der Waals surface area (Å²) in [6, 6.07) is -0.465. The highest BCUT2D eigenvalue weighted by Gasteiger charge is 2.26. The third kappa shape index (κ3) is 5.77. The number of hydrogen-bond donors (Lipinski definition) is 2. The molecule has 0 aromatic carbocycles. The average Bonchev–Trinajstić information content (AvgIpc) is 2.33. The fraction of sp³-hybridized carbons (Fsp3) is 0.857. The van der Waals surface area contributed by atoms with Gasteiger partial charge in [-0.05, 0) is 46.5 Å². The van der Waals surface area contributed by atoms with Crippen molar-refractivity contribution in [2.75, 3.05) is 19.6 Å². The monoisotopic (exact) mass is 285 g/mol. The number of nitrogens with zero attached hydrogens (tertiary/aromatic N) is 1. The number of nitrogens with one attached hydrogen (secondary N) is 1. The van der Waals surface area contributed by atoms with Gasteiger partial charge in [0.2, 0.25) is 5.91 Å². The summed E-state index contributed by atoms with van der Waals surface area (Å²) in [6.45, 7) is 9.12. The Bertz CT molecular complexity index is 350. The lowest BCUT2D eigenvalue weighted by Crippen LogP contribution is -2.49. The van der Waals surface area contributed by atoms with E-state index >= 15 is 0 Å². The molecule has 2 amide bonds. The highest BCUT2D eigenvalue weighted by atomic mass is 16.6. The van der Waals surface area contributed by atoms with E-state index < -0.39 is 17.7 Å². The van der Waals surface area contributed by atoms with E-state index in [2.05, 4.69) is 5.32 Å². The number of ether oxygens (including phenoxy) is 1. The first-order chi connectivity index (χ1) is 9.19. The Kier molecular flexibility index (Phi) is 5.80. The van der Waals surface area contributed by atoms with Crippen LogP contribution in [0.25, 0.3) is 0 Å². The minimum absolute atomic E-state index is 0.0213. The van der Waals surface area contributed by atoms with Crippen LogP contribution in [-0.2, 0) is 9.53 Å². The van der Waals surface area contributed by atoms with E-state index in [1.165, 1.54) is 0 Å². The van der Waals surface area contributed by atoms with Crippen molar-refractivity contribution in [2.45, 2.75) is 52.2 Å². The van der Waals surface area contributed by atoms with Crippen molar-refractivity contribution in [3.63, 3.8) is 0 Å². The van der Waals surface area contributed by atoms with Crippen LogP contribution in [0.2, 0.25) is 0 Å². The molecule has 1 fully saturated rings. The first-order valence-electron chi connectivity index (χ1n) is 7.20. The molecule has 1 aliphatic rings. The molecule has 1 saturated heterocycles. The van der Waals surface area contributed by atoms with Gasteiger partial charge in [-0.15, -0.1) is 0 Å². The maximum atomic E-state index is 11.9. The van der Waals surface area contributed by atoms with Gasteiger partial charge in [0.05, 0.1) is 6.04 Å². The van der Waals surface area contributed by atoms with Crippen LogP contribution < -0.4 is 11.1 Å². The Labute approximate surface area is 121 Å². The molecule has 0 bridgehead atoms. The van der Waals surface area contributed by atoms with Crippen LogP contribution in [0.4, 0.5) is 4.79 Å². The lowest BCUT2D eigenvalue weighted by Gasteiger charge is -2.34. The molecule has 0 aromatic heterocycles. The smallest absolute Gasteiger partial charge is 0.407 e. The van der Waals surface area contributed by atoms with Crippen molar-refractivity contribution in [2.24, 2.45) is 11.7 Å². The second kappa shape index (κ2) is 6.92. The number of rotatable bonds is 3. The van der Waals surface area contributed by atoms with Crippen molar-refractivity contribution < 1.29 is 14.3 Å². The van der Waals surface area contributed by atoms with E-state index in [0.29, 0.717) is 13.1 Å². The van der Waals surface area contributed by atoms with E-state index in [0.717, 1.165) is 19.4 Å². The number of alkyl carbamates (subject to hydrolysis) is 1. The normalized spacial score (nSPS) is 21.2. The Morgan fingerprint density at radius 3 is 2.65 bits per heavy atom. The Balaban J connectivity index is 2.37. The van der Waals surface area contributed by atoms with Gasteiger partial charge in [0.1, 0.15) is 5.60 Å². The highest BCUT2D eigenvalue weighted by Crippen LogP contribution is 2.16. The van der Waals surface area contributed by atoms with Crippen LogP contribution >= 0.6 is 0 Å². The lowest BCUT2D eigenvalue weighted by molar-refractivity contribution is -0.133. The molecule has 0 spiro atoms. The number of hydrogen-bond acceptors (Lipinski definition) is 4. The van der Waals surface area contributed by atoms with Gasteiger partial charge in [-0.25, -0.2) is 4.79 Å². The lowest BCUT2D eigenvalue weighted by atomic mass is 9.97. The Morgan fingerprint density at radius 1 is 1.45 bits per heavy atom. The Morgan fingerprint density at radius 2 is 2.10 bits per heavy atom. The molecule has 116 valence electrons. The van der Waals surface area contributed by atoms with Crippen LogP contribution in [0.3, 0.4) is 0 Å². The van der Waals surface area contributed by atoms with Gasteiger partial charge in [0, 0.05) is 19.6 Å². The summed E-state index contributed by atoms with van der Waals surface area (Å²) in [7, 11) is 0. The number of piperidine rings is 1. The standard InChI is InChI=1S/C14H27N3O3/c1-10(15)12(18)17-7-5-6-11(9-17)8-16-13(19)20-14(2,3)4/h10-11H,5-9,15H2,1-4H3,(H,16,19). The summed E-state index contributed by atoms with van der Waals surface area (Å²) in [6.07, 6.45) is 1.53. The van der Waals surface area contributed by atoms with Crippen molar-refractivity contribution in [3.8, 4) is 0 Å². The van der Waals surface area contributed by atoms with Crippen molar-refractivity contribution in [1.82, 2.24) is 10.2 Å². The molecular weight excluding hydrogens is 258 g/mol.